The molecule has 0 aliphatic rings. The molecule has 3 aromatic rings. The Hall–Kier alpha value is -1.66. The van der Waals surface area contributed by atoms with E-state index in [9.17, 15) is 0 Å². The lowest BCUT2D eigenvalue weighted by atomic mass is 10.2. The Labute approximate surface area is 119 Å². The molecule has 0 fully saturated rings. The minimum Gasteiger partial charge on any atom is -0.228 e. The third-order valence-electron chi connectivity index (χ3n) is 2.56. The molecule has 0 spiro atoms. The summed E-state index contributed by atoms with van der Waals surface area (Å²) in [6.45, 7) is 2.04. The van der Waals surface area contributed by atoms with E-state index >= 15 is 0 Å². The minimum absolute atomic E-state index is 0.848. The molecular formula is C13H12N4S2. The summed E-state index contributed by atoms with van der Waals surface area (Å²) in [7, 11) is 0. The Morgan fingerprint density at radius 1 is 1.26 bits per heavy atom. The molecule has 0 aliphatic carbocycles. The number of benzene rings is 1. The number of rotatable bonds is 4. The fourth-order valence-electron chi connectivity index (χ4n) is 1.61. The van der Waals surface area contributed by atoms with Crippen molar-refractivity contribution < 1.29 is 0 Å². The monoisotopic (exact) mass is 288 g/mol. The van der Waals surface area contributed by atoms with E-state index in [1.165, 1.54) is 11.9 Å². The van der Waals surface area contributed by atoms with Gasteiger partial charge in [0.1, 0.15) is 6.33 Å². The van der Waals surface area contributed by atoms with Gasteiger partial charge in [0, 0.05) is 29.3 Å². The average Bonchev–Trinajstić information content (AvgIpc) is 3.09. The second kappa shape index (κ2) is 5.54. The van der Waals surface area contributed by atoms with Crippen molar-refractivity contribution in [2.45, 2.75) is 17.7 Å². The zero-order valence-corrected chi connectivity index (χ0v) is 12.0. The van der Waals surface area contributed by atoms with Crippen LogP contribution >= 0.6 is 23.3 Å². The summed E-state index contributed by atoms with van der Waals surface area (Å²) < 4.78 is 2.72. The summed E-state index contributed by atoms with van der Waals surface area (Å²) in [5, 5.41) is 6.41. The third kappa shape index (κ3) is 2.85. The van der Waals surface area contributed by atoms with Gasteiger partial charge < -0.3 is 0 Å². The van der Waals surface area contributed by atoms with Gasteiger partial charge in [-0.15, -0.1) is 16.4 Å². The van der Waals surface area contributed by atoms with Gasteiger partial charge in [-0.1, -0.05) is 37.3 Å². The van der Waals surface area contributed by atoms with Gasteiger partial charge in [-0.2, -0.15) is 4.09 Å². The normalized spacial score (nSPS) is 10.8. The van der Waals surface area contributed by atoms with Crippen LogP contribution in [-0.2, 0) is 6.42 Å². The molecule has 6 heteroatoms. The van der Waals surface area contributed by atoms with Gasteiger partial charge in [0.05, 0.1) is 5.69 Å². The maximum absolute atomic E-state index is 4.60. The summed E-state index contributed by atoms with van der Waals surface area (Å²) in [5.74, 6) is 0.854. The first-order valence-corrected chi connectivity index (χ1v) is 7.60. The SMILES string of the molecule is CCc1ncn(Sc2nc(-c3ccccc3)cs2)n1. The third-order valence-corrected chi connectivity index (χ3v) is 4.32. The highest BCUT2D eigenvalue weighted by Crippen LogP contribution is 2.28. The van der Waals surface area contributed by atoms with E-state index in [1.807, 2.05) is 25.1 Å². The molecule has 0 N–H and O–H groups in total. The van der Waals surface area contributed by atoms with Gasteiger partial charge >= 0.3 is 0 Å². The molecule has 96 valence electrons. The van der Waals surface area contributed by atoms with Gasteiger partial charge in [-0.25, -0.2) is 9.97 Å². The fourth-order valence-corrected chi connectivity index (χ4v) is 3.23. The van der Waals surface area contributed by atoms with Crippen LogP contribution in [0.2, 0.25) is 0 Å². The maximum Gasteiger partial charge on any atom is 0.173 e. The first-order chi connectivity index (χ1) is 9.35. The summed E-state index contributed by atoms with van der Waals surface area (Å²) >= 11 is 3.11. The number of thiazole rings is 1. The lowest BCUT2D eigenvalue weighted by Gasteiger charge is -1.95. The number of nitrogens with zero attached hydrogens (tertiary/aromatic N) is 4. The molecule has 4 nitrogen and oxygen atoms in total. The van der Waals surface area contributed by atoms with Crippen molar-refractivity contribution in [1.82, 2.24) is 19.2 Å². The Morgan fingerprint density at radius 3 is 2.84 bits per heavy atom. The Balaban J connectivity index is 1.78. The van der Waals surface area contributed by atoms with Crippen molar-refractivity contribution in [2.75, 3.05) is 0 Å². The van der Waals surface area contributed by atoms with Crippen LogP contribution < -0.4 is 0 Å². The van der Waals surface area contributed by atoms with E-state index in [4.69, 9.17) is 0 Å². The zero-order chi connectivity index (χ0) is 13.1. The number of hydrogen-bond acceptors (Lipinski definition) is 5. The molecular weight excluding hydrogens is 276 g/mol. The Morgan fingerprint density at radius 2 is 2.11 bits per heavy atom. The van der Waals surface area contributed by atoms with Crippen LogP contribution in [0.3, 0.4) is 0 Å². The van der Waals surface area contributed by atoms with Gasteiger partial charge in [-0.3, -0.25) is 0 Å². The van der Waals surface area contributed by atoms with Crippen molar-refractivity contribution in [3.05, 3.63) is 47.9 Å². The topological polar surface area (TPSA) is 43.6 Å². The fraction of sp³-hybridized carbons (Fsp3) is 0.154. The van der Waals surface area contributed by atoms with E-state index in [0.717, 1.165) is 27.8 Å². The average molecular weight is 288 g/mol. The smallest absolute Gasteiger partial charge is 0.173 e. The van der Waals surface area contributed by atoms with E-state index < -0.39 is 0 Å². The van der Waals surface area contributed by atoms with Crippen LogP contribution in [0.4, 0.5) is 0 Å². The number of aromatic nitrogens is 4. The first kappa shape index (κ1) is 12.4. The first-order valence-electron chi connectivity index (χ1n) is 5.95. The zero-order valence-electron chi connectivity index (χ0n) is 10.4. The Kier molecular flexibility index (Phi) is 3.61. The predicted octanol–water partition coefficient (Wildman–Crippen LogP) is 3.52. The molecule has 2 aromatic heterocycles. The van der Waals surface area contributed by atoms with Gasteiger partial charge in [-0.05, 0) is 0 Å². The molecule has 19 heavy (non-hydrogen) atoms. The lowest BCUT2D eigenvalue weighted by Crippen LogP contribution is -1.89. The quantitative estimate of drug-likeness (QED) is 0.737. The van der Waals surface area contributed by atoms with Crippen molar-refractivity contribution >= 4 is 23.3 Å². The van der Waals surface area contributed by atoms with Crippen molar-refractivity contribution in [1.29, 1.82) is 0 Å². The van der Waals surface area contributed by atoms with Crippen LogP contribution in [0, 0.1) is 0 Å². The van der Waals surface area contributed by atoms with E-state index in [2.05, 4.69) is 32.6 Å². The largest absolute Gasteiger partial charge is 0.228 e. The van der Waals surface area contributed by atoms with Gasteiger partial charge in [0.15, 0.2) is 10.2 Å². The standard InChI is InChI=1S/C13H12N4S2/c1-2-12-14-9-17(16-12)19-13-15-11(8-18-13)10-6-4-3-5-7-10/h3-9H,2H2,1H3. The molecule has 2 heterocycles. The van der Waals surface area contributed by atoms with E-state index in [-0.39, 0.29) is 0 Å². The van der Waals surface area contributed by atoms with Crippen LogP contribution in [0.5, 0.6) is 0 Å². The summed E-state index contributed by atoms with van der Waals surface area (Å²) in [5.41, 5.74) is 2.14. The number of aryl methyl sites for hydroxylation is 1. The van der Waals surface area contributed by atoms with Crippen LogP contribution in [0.25, 0.3) is 11.3 Å². The summed E-state index contributed by atoms with van der Waals surface area (Å²) in [4.78, 5) is 8.81. The molecule has 0 radical (unpaired) electrons. The molecule has 0 amide bonds. The van der Waals surface area contributed by atoms with Gasteiger partial charge in [0.25, 0.3) is 0 Å². The highest BCUT2D eigenvalue weighted by atomic mass is 32.2. The summed E-state index contributed by atoms with van der Waals surface area (Å²) in [6, 6.07) is 10.2. The van der Waals surface area contributed by atoms with Crippen LogP contribution in [0.1, 0.15) is 12.7 Å². The highest BCUT2D eigenvalue weighted by Gasteiger charge is 2.07. The van der Waals surface area contributed by atoms with Crippen LogP contribution in [-0.4, -0.2) is 19.2 Å². The maximum atomic E-state index is 4.60. The molecule has 1 aromatic carbocycles. The van der Waals surface area contributed by atoms with E-state index in [1.54, 1.807) is 21.8 Å². The molecule has 0 bridgehead atoms. The molecule has 0 unspecified atom stereocenters. The lowest BCUT2D eigenvalue weighted by molar-refractivity contribution is 0.915. The predicted molar refractivity (Wildman–Crippen MR) is 78.2 cm³/mol. The minimum atomic E-state index is 0.848. The van der Waals surface area contributed by atoms with Crippen LogP contribution in [0.15, 0.2) is 46.4 Å². The summed E-state index contributed by atoms with van der Waals surface area (Å²) in [6.07, 6.45) is 2.58. The highest BCUT2D eigenvalue weighted by molar-refractivity contribution is 7.99. The van der Waals surface area contributed by atoms with Crippen molar-refractivity contribution in [3.63, 3.8) is 0 Å². The molecule has 0 saturated carbocycles. The molecule has 0 aliphatic heterocycles. The van der Waals surface area contributed by atoms with Gasteiger partial charge in [0.2, 0.25) is 0 Å². The number of hydrogen-bond donors (Lipinski definition) is 0. The van der Waals surface area contributed by atoms with E-state index in [0.29, 0.717) is 0 Å². The second-order valence-corrected chi connectivity index (χ2v) is 5.93. The molecule has 3 rings (SSSR count). The Bertz CT molecular complexity index is 660. The van der Waals surface area contributed by atoms with Crippen molar-refractivity contribution in [3.8, 4) is 11.3 Å². The second-order valence-electron chi connectivity index (χ2n) is 3.87. The molecule has 0 saturated heterocycles. The van der Waals surface area contributed by atoms with Crippen molar-refractivity contribution in [2.24, 2.45) is 0 Å². The molecule has 0 atom stereocenters.